The van der Waals surface area contributed by atoms with E-state index in [0.29, 0.717) is 0 Å². The number of aliphatic hydroxyl groups is 1. The summed E-state index contributed by atoms with van der Waals surface area (Å²) >= 11 is 0. The first-order chi connectivity index (χ1) is 10.3. The van der Waals surface area contributed by atoms with E-state index < -0.39 is 0 Å². The van der Waals surface area contributed by atoms with Crippen LogP contribution in [0, 0.1) is 0 Å². The third-order valence-corrected chi connectivity index (χ3v) is 4.16. The predicted octanol–water partition coefficient (Wildman–Crippen LogP) is 1.45. The minimum Gasteiger partial charge on any atom is -0.395 e. The topological polar surface area (TPSA) is 50.5 Å². The second kappa shape index (κ2) is 6.39. The van der Waals surface area contributed by atoms with Crippen molar-refractivity contribution in [3.05, 3.63) is 48.5 Å². The average molecular weight is 287 g/mol. The Morgan fingerprint density at radius 3 is 2.76 bits per heavy atom. The lowest BCUT2D eigenvalue weighted by Crippen LogP contribution is -2.31. The molecule has 0 unspecified atom stereocenters. The van der Waals surface area contributed by atoms with Crippen molar-refractivity contribution in [1.82, 2.24) is 14.5 Å². The summed E-state index contributed by atoms with van der Waals surface area (Å²) in [6, 6.07) is 8.64. The Labute approximate surface area is 124 Å². The fourth-order valence-corrected chi connectivity index (χ4v) is 2.91. The van der Waals surface area contributed by atoms with Crippen LogP contribution in [0.4, 0.5) is 0 Å². The number of hydrogen-bond acceptors (Lipinski definition) is 4. The molecule has 21 heavy (non-hydrogen) atoms. The van der Waals surface area contributed by atoms with Crippen molar-refractivity contribution in [3.8, 4) is 5.69 Å². The highest BCUT2D eigenvalue weighted by Crippen LogP contribution is 2.22. The number of rotatable bonds is 5. The van der Waals surface area contributed by atoms with E-state index in [-0.39, 0.29) is 18.8 Å². The molecule has 1 saturated heterocycles. The molecule has 0 aliphatic carbocycles. The van der Waals surface area contributed by atoms with Crippen LogP contribution in [0.15, 0.2) is 43.0 Å². The quantitative estimate of drug-likeness (QED) is 0.904. The summed E-state index contributed by atoms with van der Waals surface area (Å²) in [5.41, 5.74) is 2.35. The highest BCUT2D eigenvalue weighted by atomic mass is 16.5. The van der Waals surface area contributed by atoms with E-state index in [0.717, 1.165) is 25.2 Å². The molecule has 1 aliphatic rings. The van der Waals surface area contributed by atoms with Gasteiger partial charge in [-0.1, -0.05) is 12.1 Å². The van der Waals surface area contributed by atoms with Gasteiger partial charge in [-0.15, -0.1) is 0 Å². The third kappa shape index (κ3) is 3.15. The van der Waals surface area contributed by atoms with Gasteiger partial charge in [0.25, 0.3) is 0 Å². The zero-order chi connectivity index (χ0) is 14.7. The summed E-state index contributed by atoms with van der Waals surface area (Å²) < 4.78 is 7.40. The van der Waals surface area contributed by atoms with Gasteiger partial charge in [0.15, 0.2) is 0 Å². The van der Waals surface area contributed by atoms with Gasteiger partial charge in [0.2, 0.25) is 0 Å². The summed E-state index contributed by atoms with van der Waals surface area (Å²) in [5, 5.41) is 9.49. The van der Waals surface area contributed by atoms with Crippen LogP contribution >= 0.6 is 0 Å². The zero-order valence-corrected chi connectivity index (χ0v) is 12.2. The first-order valence-electron chi connectivity index (χ1n) is 7.25. The van der Waals surface area contributed by atoms with Crippen LogP contribution < -0.4 is 0 Å². The number of methoxy groups -OCH3 is 1. The van der Waals surface area contributed by atoms with Crippen molar-refractivity contribution >= 4 is 0 Å². The Bertz CT molecular complexity index is 553. The Kier molecular flexibility index (Phi) is 4.34. The maximum atomic E-state index is 9.49. The van der Waals surface area contributed by atoms with Crippen LogP contribution in [-0.4, -0.2) is 52.0 Å². The van der Waals surface area contributed by atoms with E-state index in [4.69, 9.17) is 4.74 Å². The smallest absolute Gasteiger partial charge is 0.0991 e. The normalized spacial score (nSPS) is 22.8. The predicted molar refractivity (Wildman–Crippen MR) is 80.3 cm³/mol. The number of imidazole rings is 1. The lowest BCUT2D eigenvalue weighted by molar-refractivity contribution is 0.107. The largest absolute Gasteiger partial charge is 0.395 e. The van der Waals surface area contributed by atoms with Gasteiger partial charge >= 0.3 is 0 Å². The summed E-state index contributed by atoms with van der Waals surface area (Å²) in [6.45, 7) is 1.91. The molecule has 0 amide bonds. The van der Waals surface area contributed by atoms with Crippen LogP contribution in [0.2, 0.25) is 0 Å². The number of likely N-dealkylation sites (tertiary alicyclic amines) is 1. The molecule has 2 aromatic rings. The molecule has 112 valence electrons. The van der Waals surface area contributed by atoms with Crippen LogP contribution in [-0.2, 0) is 11.3 Å². The highest BCUT2D eigenvalue weighted by Gasteiger charge is 2.31. The molecule has 0 radical (unpaired) electrons. The molecule has 1 aromatic heterocycles. The zero-order valence-electron chi connectivity index (χ0n) is 12.2. The van der Waals surface area contributed by atoms with E-state index in [1.54, 1.807) is 19.6 Å². The molecule has 5 nitrogen and oxygen atoms in total. The molecule has 1 fully saturated rings. The molecular weight excluding hydrogens is 266 g/mol. The Hall–Kier alpha value is -1.69. The monoisotopic (exact) mass is 287 g/mol. The van der Waals surface area contributed by atoms with Crippen LogP contribution in [0.3, 0.4) is 0 Å². The van der Waals surface area contributed by atoms with E-state index in [9.17, 15) is 5.11 Å². The van der Waals surface area contributed by atoms with Crippen molar-refractivity contribution in [1.29, 1.82) is 0 Å². The number of benzene rings is 1. The fourth-order valence-electron chi connectivity index (χ4n) is 2.91. The number of aliphatic hydroxyl groups excluding tert-OH is 1. The summed E-state index contributed by atoms with van der Waals surface area (Å²) in [7, 11) is 1.74. The van der Waals surface area contributed by atoms with Crippen LogP contribution in [0.5, 0.6) is 0 Å². The van der Waals surface area contributed by atoms with Crippen LogP contribution in [0.1, 0.15) is 12.0 Å². The Morgan fingerprint density at radius 1 is 1.33 bits per heavy atom. The molecule has 1 aromatic carbocycles. The minimum atomic E-state index is 0.187. The highest BCUT2D eigenvalue weighted by molar-refractivity contribution is 5.34. The van der Waals surface area contributed by atoms with E-state index in [2.05, 4.69) is 34.1 Å². The maximum Gasteiger partial charge on any atom is 0.0991 e. The number of aromatic nitrogens is 2. The van der Waals surface area contributed by atoms with Crippen molar-refractivity contribution in [2.45, 2.75) is 25.1 Å². The second-order valence-electron chi connectivity index (χ2n) is 5.50. The molecule has 0 bridgehead atoms. The third-order valence-electron chi connectivity index (χ3n) is 4.16. The Morgan fingerprint density at radius 2 is 2.14 bits per heavy atom. The fraction of sp³-hybridized carbons (Fsp3) is 0.438. The molecule has 2 heterocycles. The van der Waals surface area contributed by atoms with E-state index >= 15 is 0 Å². The first kappa shape index (κ1) is 14.3. The SMILES string of the molecule is CO[C@@H]1C[C@@H](CO)N(Cc2ccc(-n3ccnc3)cc2)C1. The lowest BCUT2D eigenvalue weighted by atomic mass is 10.1. The average Bonchev–Trinajstić information content (AvgIpc) is 3.17. The molecule has 1 aliphatic heterocycles. The molecule has 3 rings (SSSR count). The number of hydrogen-bond donors (Lipinski definition) is 1. The molecule has 5 heteroatoms. The van der Waals surface area contributed by atoms with Gasteiger partial charge in [-0.2, -0.15) is 0 Å². The molecule has 0 spiro atoms. The van der Waals surface area contributed by atoms with Gasteiger partial charge in [0, 0.05) is 44.3 Å². The van der Waals surface area contributed by atoms with Crippen molar-refractivity contribution < 1.29 is 9.84 Å². The van der Waals surface area contributed by atoms with Gasteiger partial charge in [0.05, 0.1) is 19.0 Å². The van der Waals surface area contributed by atoms with Gasteiger partial charge < -0.3 is 14.4 Å². The number of ether oxygens (including phenoxy) is 1. The summed E-state index contributed by atoms with van der Waals surface area (Å²) in [4.78, 5) is 6.35. The maximum absolute atomic E-state index is 9.49. The van der Waals surface area contributed by atoms with E-state index in [1.807, 2.05) is 10.8 Å². The second-order valence-corrected chi connectivity index (χ2v) is 5.50. The molecular formula is C16H21N3O2. The van der Waals surface area contributed by atoms with Crippen molar-refractivity contribution in [2.75, 3.05) is 20.3 Å². The molecule has 2 atom stereocenters. The van der Waals surface area contributed by atoms with Crippen molar-refractivity contribution in [3.63, 3.8) is 0 Å². The van der Waals surface area contributed by atoms with Gasteiger partial charge in [-0.25, -0.2) is 4.98 Å². The summed E-state index contributed by atoms with van der Waals surface area (Å²) in [6.07, 6.45) is 6.63. The number of nitrogens with zero attached hydrogens (tertiary/aromatic N) is 3. The van der Waals surface area contributed by atoms with Gasteiger partial charge in [0.1, 0.15) is 0 Å². The lowest BCUT2D eigenvalue weighted by Gasteiger charge is -2.22. The van der Waals surface area contributed by atoms with Crippen molar-refractivity contribution in [2.24, 2.45) is 0 Å². The standard InChI is InChI=1S/C16H21N3O2/c1-21-16-8-15(11-20)19(10-16)9-13-2-4-14(5-3-13)18-7-6-17-12-18/h2-7,12,15-16,20H,8-11H2,1H3/t15-,16+/m0/s1. The minimum absolute atomic E-state index is 0.187. The molecule has 1 N–H and O–H groups in total. The van der Waals surface area contributed by atoms with Crippen LogP contribution in [0.25, 0.3) is 5.69 Å². The van der Waals surface area contributed by atoms with E-state index in [1.165, 1.54) is 5.56 Å². The Balaban J connectivity index is 1.67. The van der Waals surface area contributed by atoms with Gasteiger partial charge in [-0.05, 0) is 24.1 Å². The molecule has 0 saturated carbocycles. The van der Waals surface area contributed by atoms with Gasteiger partial charge in [-0.3, -0.25) is 4.90 Å². The first-order valence-corrected chi connectivity index (χ1v) is 7.25. The summed E-state index contributed by atoms with van der Waals surface area (Å²) in [5.74, 6) is 0.